The molecular weight excluding hydrogens is 224 g/mol. The second kappa shape index (κ2) is 5.49. The van der Waals surface area contributed by atoms with Crippen LogP contribution in [0, 0.1) is 0 Å². The van der Waals surface area contributed by atoms with Crippen molar-refractivity contribution in [2.24, 2.45) is 0 Å². The molecule has 1 fully saturated rings. The van der Waals surface area contributed by atoms with Crippen LogP contribution in [0.2, 0.25) is 0 Å². The lowest BCUT2D eigenvalue weighted by atomic mass is 10.3. The Labute approximate surface area is 98.5 Å². The van der Waals surface area contributed by atoms with E-state index in [1.54, 1.807) is 12.1 Å². The van der Waals surface area contributed by atoms with Crippen molar-refractivity contribution < 1.29 is 18.8 Å². The van der Waals surface area contributed by atoms with Crippen LogP contribution in [0.25, 0.3) is 0 Å². The summed E-state index contributed by atoms with van der Waals surface area (Å²) in [4.78, 5) is 28.1. The predicted octanol–water partition coefficient (Wildman–Crippen LogP) is 0.563. The van der Waals surface area contributed by atoms with Crippen molar-refractivity contribution in [3.8, 4) is 0 Å². The number of carbonyl (C=O) groups excluding carboxylic acids is 2. The average Bonchev–Trinajstić information content (AvgIpc) is 3.02. The molecule has 1 aliphatic heterocycles. The highest BCUT2D eigenvalue weighted by molar-refractivity contribution is 5.91. The van der Waals surface area contributed by atoms with Crippen LogP contribution in [-0.2, 0) is 9.63 Å². The van der Waals surface area contributed by atoms with E-state index in [2.05, 4.69) is 5.32 Å². The molecule has 6 nitrogen and oxygen atoms in total. The number of nitrogens with zero attached hydrogens (tertiary/aromatic N) is 1. The number of hydrogen-bond acceptors (Lipinski definition) is 4. The van der Waals surface area contributed by atoms with Gasteiger partial charge in [-0.1, -0.05) is 0 Å². The van der Waals surface area contributed by atoms with Gasteiger partial charge in [0.15, 0.2) is 5.76 Å². The lowest BCUT2D eigenvalue weighted by molar-refractivity contribution is -0.168. The van der Waals surface area contributed by atoms with E-state index in [0.29, 0.717) is 13.2 Å². The molecule has 0 unspecified atom stereocenters. The van der Waals surface area contributed by atoms with Gasteiger partial charge in [-0.15, -0.1) is 0 Å². The number of hydrogen-bond donors (Lipinski definition) is 1. The van der Waals surface area contributed by atoms with Gasteiger partial charge >= 0.3 is 0 Å². The molecule has 6 heteroatoms. The first-order valence-corrected chi connectivity index (χ1v) is 5.52. The molecule has 1 N–H and O–H groups in total. The molecular formula is C11H14N2O4. The molecule has 2 rings (SSSR count). The van der Waals surface area contributed by atoms with Crippen molar-refractivity contribution in [3.05, 3.63) is 24.2 Å². The van der Waals surface area contributed by atoms with Crippen LogP contribution < -0.4 is 5.32 Å². The molecule has 1 saturated heterocycles. The molecule has 0 bridgehead atoms. The van der Waals surface area contributed by atoms with Crippen LogP contribution in [-0.4, -0.2) is 36.6 Å². The number of hydroxylamine groups is 2. The summed E-state index contributed by atoms with van der Waals surface area (Å²) >= 11 is 0. The van der Waals surface area contributed by atoms with E-state index >= 15 is 0 Å². The summed E-state index contributed by atoms with van der Waals surface area (Å²) in [5.41, 5.74) is 0. The van der Waals surface area contributed by atoms with Gasteiger partial charge < -0.3 is 9.73 Å². The minimum absolute atomic E-state index is 0.109. The zero-order chi connectivity index (χ0) is 12.1. The molecule has 0 atom stereocenters. The Morgan fingerprint density at radius 1 is 1.47 bits per heavy atom. The highest BCUT2D eigenvalue weighted by Crippen LogP contribution is 2.05. The Bertz CT molecular complexity index is 382. The molecule has 0 aliphatic carbocycles. The fraction of sp³-hybridized carbons (Fsp3) is 0.455. The molecule has 0 aromatic carbocycles. The third kappa shape index (κ3) is 3.07. The smallest absolute Gasteiger partial charge is 0.286 e. The van der Waals surface area contributed by atoms with Gasteiger partial charge in [0.2, 0.25) is 5.91 Å². The topological polar surface area (TPSA) is 71.8 Å². The predicted molar refractivity (Wildman–Crippen MR) is 57.9 cm³/mol. The van der Waals surface area contributed by atoms with Crippen molar-refractivity contribution in [1.29, 1.82) is 0 Å². The van der Waals surface area contributed by atoms with Gasteiger partial charge in [0.05, 0.1) is 19.4 Å². The van der Waals surface area contributed by atoms with Gasteiger partial charge in [-0.25, -0.2) is 5.06 Å². The van der Waals surface area contributed by atoms with Crippen molar-refractivity contribution in [2.75, 3.05) is 19.7 Å². The van der Waals surface area contributed by atoms with Crippen LogP contribution in [0.3, 0.4) is 0 Å². The summed E-state index contributed by atoms with van der Waals surface area (Å²) in [5, 5.41) is 3.95. The van der Waals surface area contributed by atoms with Crippen molar-refractivity contribution in [3.63, 3.8) is 0 Å². The quantitative estimate of drug-likeness (QED) is 0.832. The largest absolute Gasteiger partial charge is 0.459 e. The van der Waals surface area contributed by atoms with Gasteiger partial charge in [0, 0.05) is 13.0 Å². The van der Waals surface area contributed by atoms with Crippen LogP contribution in [0.4, 0.5) is 0 Å². The molecule has 2 amide bonds. The highest BCUT2D eigenvalue weighted by Gasteiger charge is 2.19. The zero-order valence-electron chi connectivity index (χ0n) is 9.35. The summed E-state index contributed by atoms with van der Waals surface area (Å²) in [5.74, 6) is -0.178. The van der Waals surface area contributed by atoms with Crippen LogP contribution in [0.1, 0.15) is 23.4 Å². The van der Waals surface area contributed by atoms with Gasteiger partial charge in [-0.3, -0.25) is 14.4 Å². The van der Waals surface area contributed by atoms with E-state index in [1.165, 1.54) is 11.3 Å². The Morgan fingerprint density at radius 2 is 2.35 bits per heavy atom. The maximum Gasteiger partial charge on any atom is 0.286 e. The Kier molecular flexibility index (Phi) is 3.77. The van der Waals surface area contributed by atoms with E-state index in [4.69, 9.17) is 9.25 Å². The van der Waals surface area contributed by atoms with Crippen LogP contribution in [0.5, 0.6) is 0 Å². The van der Waals surface area contributed by atoms with Gasteiger partial charge in [-0.2, -0.15) is 0 Å². The minimum atomic E-state index is -0.315. The number of furan rings is 1. The Balaban J connectivity index is 1.69. The summed E-state index contributed by atoms with van der Waals surface area (Å²) < 4.78 is 4.92. The number of rotatable bonds is 4. The third-order valence-electron chi connectivity index (χ3n) is 2.40. The van der Waals surface area contributed by atoms with Crippen molar-refractivity contribution >= 4 is 11.8 Å². The van der Waals surface area contributed by atoms with E-state index in [1.807, 2.05) is 0 Å². The summed E-state index contributed by atoms with van der Waals surface area (Å²) in [7, 11) is 0. The molecule has 1 aliphatic rings. The first-order chi connectivity index (χ1) is 8.27. The molecule has 1 aromatic heterocycles. The average molecular weight is 238 g/mol. The van der Waals surface area contributed by atoms with Crippen LogP contribution >= 0.6 is 0 Å². The molecule has 0 spiro atoms. The van der Waals surface area contributed by atoms with E-state index in [9.17, 15) is 9.59 Å². The summed E-state index contributed by atoms with van der Waals surface area (Å²) in [6.07, 6.45) is 2.52. The minimum Gasteiger partial charge on any atom is -0.459 e. The molecule has 0 radical (unpaired) electrons. The number of amides is 2. The number of nitrogens with one attached hydrogen (secondary N) is 1. The van der Waals surface area contributed by atoms with E-state index in [-0.39, 0.29) is 30.5 Å². The lowest BCUT2D eigenvalue weighted by Gasteiger charge is -2.13. The normalized spacial score (nSPS) is 14.9. The number of carbonyl (C=O) groups is 2. The summed E-state index contributed by atoms with van der Waals surface area (Å²) in [6, 6.07) is 3.21. The molecule has 1 aromatic rings. The van der Waals surface area contributed by atoms with Gasteiger partial charge in [0.1, 0.15) is 0 Å². The van der Waals surface area contributed by atoms with E-state index < -0.39 is 0 Å². The fourth-order valence-corrected chi connectivity index (χ4v) is 1.55. The van der Waals surface area contributed by atoms with E-state index in [0.717, 1.165) is 6.42 Å². The highest BCUT2D eigenvalue weighted by atomic mass is 16.7. The summed E-state index contributed by atoms with van der Waals surface area (Å²) in [6.45, 7) is 1.49. The molecule has 92 valence electrons. The van der Waals surface area contributed by atoms with Crippen LogP contribution in [0.15, 0.2) is 22.8 Å². The van der Waals surface area contributed by atoms with Crippen molar-refractivity contribution in [1.82, 2.24) is 10.4 Å². The lowest BCUT2D eigenvalue weighted by Crippen LogP contribution is -2.32. The second-order valence-corrected chi connectivity index (χ2v) is 3.67. The second-order valence-electron chi connectivity index (χ2n) is 3.67. The van der Waals surface area contributed by atoms with Gasteiger partial charge in [-0.05, 0) is 18.6 Å². The maximum absolute atomic E-state index is 11.5. The molecule has 17 heavy (non-hydrogen) atoms. The Hall–Kier alpha value is -1.82. The Morgan fingerprint density at radius 3 is 3.00 bits per heavy atom. The van der Waals surface area contributed by atoms with Crippen molar-refractivity contribution in [2.45, 2.75) is 12.8 Å². The molecule has 0 saturated carbocycles. The zero-order valence-corrected chi connectivity index (χ0v) is 9.35. The van der Waals surface area contributed by atoms with Gasteiger partial charge in [0.25, 0.3) is 5.91 Å². The molecule has 2 heterocycles. The third-order valence-corrected chi connectivity index (χ3v) is 2.40. The first-order valence-electron chi connectivity index (χ1n) is 5.52. The monoisotopic (exact) mass is 238 g/mol. The standard InChI is InChI=1S/C11H14N2O4/c14-10(13-6-2-8-17-13)4-5-12-11(15)9-3-1-7-16-9/h1,3,7H,2,4-6,8H2,(H,12,15). The fourth-order valence-electron chi connectivity index (χ4n) is 1.55. The first kappa shape index (κ1) is 11.7. The SMILES string of the molecule is O=C(NCCC(=O)N1CCCO1)c1ccco1. The maximum atomic E-state index is 11.5.